The second-order valence-corrected chi connectivity index (χ2v) is 7.07. The lowest BCUT2D eigenvalue weighted by Gasteiger charge is -2.14. The number of rotatable bonds is 13. The summed E-state index contributed by atoms with van der Waals surface area (Å²) in [6.45, 7) is 11.1. The molecule has 164 valence electrons. The van der Waals surface area contributed by atoms with Gasteiger partial charge in [0.1, 0.15) is 17.6 Å². The highest BCUT2D eigenvalue weighted by Crippen LogP contribution is 2.35. The van der Waals surface area contributed by atoms with E-state index in [1.807, 2.05) is 6.92 Å². The molecule has 1 heterocycles. The average Bonchev–Trinajstić information content (AvgIpc) is 3.07. The molecule has 0 amide bonds. The third-order valence-corrected chi connectivity index (χ3v) is 4.57. The van der Waals surface area contributed by atoms with E-state index in [-0.39, 0.29) is 6.10 Å². The average molecular weight is 408 g/mol. The summed E-state index contributed by atoms with van der Waals surface area (Å²) in [7, 11) is 1.68. The molecule has 1 aliphatic rings. The zero-order valence-electron chi connectivity index (χ0n) is 18.4. The van der Waals surface area contributed by atoms with Crippen LogP contribution in [0.2, 0.25) is 0 Å². The Morgan fingerprint density at radius 1 is 1.17 bits per heavy atom. The molecule has 1 unspecified atom stereocenters. The normalized spacial score (nSPS) is 15.7. The van der Waals surface area contributed by atoms with Crippen LogP contribution < -0.4 is 20.1 Å². The number of benzene rings is 1. The Hall–Kier alpha value is -1.99. The van der Waals surface area contributed by atoms with Crippen molar-refractivity contribution in [3.8, 4) is 11.5 Å². The number of hydrogen-bond acceptors (Lipinski definition) is 5. The molecular formula is C22H37N3O4. The highest BCUT2D eigenvalue weighted by molar-refractivity contribution is 5.79. The van der Waals surface area contributed by atoms with Crippen LogP contribution in [0.5, 0.6) is 11.5 Å². The zero-order chi connectivity index (χ0) is 20.9. The SMILES string of the molecule is CCNC(=NCc1cc2c(cc1OCC)CC(C)O2)NCCCCOCCOC. The van der Waals surface area contributed by atoms with Crippen molar-refractivity contribution in [2.75, 3.05) is 46.6 Å². The molecular weight excluding hydrogens is 370 g/mol. The highest BCUT2D eigenvalue weighted by Gasteiger charge is 2.21. The van der Waals surface area contributed by atoms with Gasteiger partial charge in [-0.3, -0.25) is 0 Å². The molecule has 0 fully saturated rings. The van der Waals surface area contributed by atoms with Crippen LogP contribution >= 0.6 is 0 Å². The van der Waals surface area contributed by atoms with Crippen molar-refractivity contribution in [1.29, 1.82) is 0 Å². The first kappa shape index (κ1) is 23.3. The number of methoxy groups -OCH3 is 1. The molecule has 0 spiro atoms. The Labute approximate surface area is 175 Å². The van der Waals surface area contributed by atoms with Gasteiger partial charge in [-0.15, -0.1) is 0 Å². The van der Waals surface area contributed by atoms with E-state index in [2.05, 4.69) is 36.6 Å². The fraction of sp³-hybridized carbons (Fsp3) is 0.682. The fourth-order valence-corrected chi connectivity index (χ4v) is 3.18. The van der Waals surface area contributed by atoms with Gasteiger partial charge in [0.2, 0.25) is 0 Å². The number of unbranched alkanes of at least 4 members (excludes halogenated alkanes) is 1. The maximum atomic E-state index is 5.91. The van der Waals surface area contributed by atoms with Crippen LogP contribution in [-0.2, 0) is 22.4 Å². The Kier molecular flexibility index (Phi) is 10.7. The van der Waals surface area contributed by atoms with Crippen LogP contribution in [0.15, 0.2) is 17.1 Å². The molecule has 29 heavy (non-hydrogen) atoms. The number of aliphatic imine (C=N–C) groups is 1. The van der Waals surface area contributed by atoms with E-state index >= 15 is 0 Å². The Balaban J connectivity index is 1.88. The van der Waals surface area contributed by atoms with Gasteiger partial charge in [-0.1, -0.05) is 0 Å². The standard InChI is InChI=1S/C22H37N3O4/c1-5-23-22(24-9-7-8-10-27-12-11-26-4)25-16-19-15-21-18(13-17(3)29-21)14-20(19)28-6-2/h14-15,17H,5-13,16H2,1-4H3,(H2,23,24,25). The molecule has 0 saturated carbocycles. The molecule has 1 atom stereocenters. The van der Waals surface area contributed by atoms with E-state index in [9.17, 15) is 0 Å². The van der Waals surface area contributed by atoms with E-state index in [0.29, 0.717) is 26.4 Å². The lowest BCUT2D eigenvalue weighted by Crippen LogP contribution is -2.37. The van der Waals surface area contributed by atoms with E-state index in [1.165, 1.54) is 5.56 Å². The molecule has 0 radical (unpaired) electrons. The maximum Gasteiger partial charge on any atom is 0.191 e. The number of nitrogens with zero attached hydrogens (tertiary/aromatic N) is 1. The molecule has 0 bridgehead atoms. The van der Waals surface area contributed by atoms with Crippen LogP contribution in [0.25, 0.3) is 0 Å². The predicted octanol–water partition coefficient (Wildman–Crippen LogP) is 2.91. The fourth-order valence-electron chi connectivity index (χ4n) is 3.18. The molecule has 2 rings (SSSR count). The topological polar surface area (TPSA) is 73.3 Å². The summed E-state index contributed by atoms with van der Waals surface area (Å²) in [5.41, 5.74) is 2.26. The summed E-state index contributed by atoms with van der Waals surface area (Å²) in [5.74, 6) is 2.67. The van der Waals surface area contributed by atoms with Gasteiger partial charge in [-0.2, -0.15) is 0 Å². The van der Waals surface area contributed by atoms with Gasteiger partial charge in [-0.25, -0.2) is 4.99 Å². The first-order valence-corrected chi connectivity index (χ1v) is 10.7. The van der Waals surface area contributed by atoms with E-state index < -0.39 is 0 Å². The summed E-state index contributed by atoms with van der Waals surface area (Å²) in [5, 5.41) is 6.69. The van der Waals surface area contributed by atoms with Gasteiger partial charge in [0.15, 0.2) is 5.96 Å². The molecule has 7 heteroatoms. The second kappa shape index (κ2) is 13.3. The molecule has 1 aliphatic heterocycles. The van der Waals surface area contributed by atoms with Gasteiger partial charge in [0.25, 0.3) is 0 Å². The summed E-state index contributed by atoms with van der Waals surface area (Å²) in [6.07, 6.45) is 3.17. The number of guanidine groups is 1. The third kappa shape index (κ3) is 8.11. The maximum absolute atomic E-state index is 5.91. The van der Waals surface area contributed by atoms with Crippen molar-refractivity contribution in [2.24, 2.45) is 4.99 Å². The van der Waals surface area contributed by atoms with Crippen molar-refractivity contribution < 1.29 is 18.9 Å². The van der Waals surface area contributed by atoms with Crippen LogP contribution in [-0.4, -0.2) is 58.7 Å². The molecule has 7 nitrogen and oxygen atoms in total. The second-order valence-electron chi connectivity index (χ2n) is 7.07. The van der Waals surface area contributed by atoms with Gasteiger partial charge in [0.05, 0.1) is 26.4 Å². The van der Waals surface area contributed by atoms with Crippen molar-refractivity contribution in [3.05, 3.63) is 23.3 Å². The first-order valence-electron chi connectivity index (χ1n) is 10.7. The van der Waals surface area contributed by atoms with E-state index in [0.717, 1.165) is 62.0 Å². The van der Waals surface area contributed by atoms with Crippen LogP contribution in [0.3, 0.4) is 0 Å². The Bertz CT molecular complexity index is 637. The van der Waals surface area contributed by atoms with Crippen LogP contribution in [0, 0.1) is 0 Å². The van der Waals surface area contributed by atoms with Crippen molar-refractivity contribution >= 4 is 5.96 Å². The summed E-state index contributed by atoms with van der Waals surface area (Å²) in [6, 6.07) is 4.19. The summed E-state index contributed by atoms with van der Waals surface area (Å²) >= 11 is 0. The molecule has 0 saturated heterocycles. The smallest absolute Gasteiger partial charge is 0.191 e. The van der Waals surface area contributed by atoms with Crippen LogP contribution in [0.1, 0.15) is 44.7 Å². The van der Waals surface area contributed by atoms with Crippen LogP contribution in [0.4, 0.5) is 0 Å². The monoisotopic (exact) mass is 407 g/mol. The highest BCUT2D eigenvalue weighted by atomic mass is 16.5. The van der Waals surface area contributed by atoms with Gasteiger partial charge in [-0.05, 0) is 45.7 Å². The van der Waals surface area contributed by atoms with E-state index in [4.69, 9.17) is 23.9 Å². The lowest BCUT2D eigenvalue weighted by molar-refractivity contribution is 0.0689. The van der Waals surface area contributed by atoms with Gasteiger partial charge >= 0.3 is 0 Å². The first-order chi connectivity index (χ1) is 14.2. The number of fused-ring (bicyclic) bond motifs is 1. The minimum Gasteiger partial charge on any atom is -0.494 e. The quantitative estimate of drug-likeness (QED) is 0.298. The third-order valence-electron chi connectivity index (χ3n) is 4.57. The van der Waals surface area contributed by atoms with Crippen molar-refractivity contribution in [1.82, 2.24) is 10.6 Å². The van der Waals surface area contributed by atoms with E-state index in [1.54, 1.807) is 7.11 Å². The zero-order valence-corrected chi connectivity index (χ0v) is 18.4. The number of nitrogens with one attached hydrogen (secondary N) is 2. The number of hydrogen-bond donors (Lipinski definition) is 2. The largest absolute Gasteiger partial charge is 0.494 e. The van der Waals surface area contributed by atoms with Gasteiger partial charge < -0.3 is 29.6 Å². The van der Waals surface area contributed by atoms with Gasteiger partial charge in [0, 0.05) is 44.4 Å². The summed E-state index contributed by atoms with van der Waals surface area (Å²) in [4.78, 5) is 4.74. The number of ether oxygens (including phenoxy) is 4. The molecule has 2 N–H and O–H groups in total. The minimum absolute atomic E-state index is 0.218. The Morgan fingerprint density at radius 2 is 2.03 bits per heavy atom. The predicted molar refractivity (Wildman–Crippen MR) is 116 cm³/mol. The lowest BCUT2D eigenvalue weighted by atomic mass is 10.1. The minimum atomic E-state index is 0.218. The molecule has 0 aliphatic carbocycles. The van der Waals surface area contributed by atoms with Crippen molar-refractivity contribution in [3.63, 3.8) is 0 Å². The summed E-state index contributed by atoms with van der Waals surface area (Å²) < 4.78 is 22.2. The molecule has 0 aromatic heterocycles. The Morgan fingerprint density at radius 3 is 2.79 bits per heavy atom. The van der Waals surface area contributed by atoms with Crippen molar-refractivity contribution in [2.45, 2.75) is 52.7 Å². The molecule has 1 aromatic rings. The molecule has 1 aromatic carbocycles.